The molecule has 0 N–H and O–H groups in total. The van der Waals surface area contributed by atoms with Gasteiger partial charge in [-0.3, -0.25) is 4.40 Å². The van der Waals surface area contributed by atoms with Gasteiger partial charge in [-0.25, -0.2) is 22.4 Å². The number of rotatable bonds is 2. The first-order valence-electron chi connectivity index (χ1n) is 6.69. The minimum absolute atomic E-state index is 0.239. The highest BCUT2D eigenvalue weighted by atomic mass is 32.2. The Morgan fingerprint density at radius 2 is 1.77 bits per heavy atom. The van der Waals surface area contributed by atoms with Crippen LogP contribution in [0, 0.1) is 6.92 Å². The predicted octanol–water partition coefficient (Wildman–Crippen LogP) is 2.23. The topological polar surface area (TPSA) is 69.3 Å². The minimum atomic E-state index is -3.67. The van der Waals surface area contributed by atoms with Gasteiger partial charge in [-0.15, -0.1) is 0 Å². The van der Waals surface area contributed by atoms with E-state index >= 15 is 0 Å². The molecule has 0 aliphatic heterocycles. The number of aromatic nitrogens is 4. The van der Waals surface area contributed by atoms with E-state index in [1.807, 2.05) is 11.3 Å². The minimum Gasteiger partial charge on any atom is -0.295 e. The Balaban J connectivity index is 1.99. The largest absolute Gasteiger partial charge is 0.295 e. The van der Waals surface area contributed by atoms with E-state index < -0.39 is 10.0 Å². The number of hydrogen-bond acceptors (Lipinski definition) is 4. The second-order valence-corrected chi connectivity index (χ2v) is 6.87. The van der Waals surface area contributed by atoms with Gasteiger partial charge in [0.1, 0.15) is 0 Å². The Morgan fingerprint density at radius 1 is 1.00 bits per heavy atom. The van der Waals surface area contributed by atoms with E-state index in [0.29, 0.717) is 16.8 Å². The molecule has 22 heavy (non-hydrogen) atoms. The Kier molecular flexibility index (Phi) is 2.61. The van der Waals surface area contributed by atoms with Gasteiger partial charge in [-0.2, -0.15) is 0 Å². The first-order valence-corrected chi connectivity index (χ1v) is 8.13. The Bertz CT molecular complexity index is 1090. The lowest BCUT2D eigenvalue weighted by molar-refractivity contribution is 0.588. The maximum atomic E-state index is 12.8. The van der Waals surface area contributed by atoms with E-state index in [9.17, 15) is 8.42 Å². The summed E-state index contributed by atoms with van der Waals surface area (Å²) in [5.74, 6) is 0. The lowest BCUT2D eigenvalue weighted by Crippen LogP contribution is -2.12. The van der Waals surface area contributed by atoms with Gasteiger partial charge in [0, 0.05) is 18.6 Å². The molecule has 0 unspecified atom stereocenters. The lowest BCUT2D eigenvalue weighted by Gasteiger charge is -2.07. The third-order valence-corrected chi connectivity index (χ3v) is 5.30. The van der Waals surface area contributed by atoms with Crippen molar-refractivity contribution in [3.05, 3.63) is 60.7 Å². The fourth-order valence-corrected chi connectivity index (χ4v) is 3.75. The van der Waals surface area contributed by atoms with Crippen molar-refractivity contribution >= 4 is 26.8 Å². The molecule has 7 heteroatoms. The second kappa shape index (κ2) is 4.41. The maximum Gasteiger partial charge on any atom is 0.269 e. The molecule has 1 aromatic carbocycles. The fourth-order valence-electron chi connectivity index (χ4n) is 2.46. The van der Waals surface area contributed by atoms with Crippen LogP contribution >= 0.6 is 0 Å². The van der Waals surface area contributed by atoms with E-state index in [1.165, 1.54) is 10.2 Å². The molecule has 0 saturated heterocycles. The summed E-state index contributed by atoms with van der Waals surface area (Å²) in [5, 5.41) is 0. The molecular formula is C15H12N4O2S. The molecular weight excluding hydrogens is 300 g/mol. The second-order valence-electron chi connectivity index (χ2n) is 5.05. The van der Waals surface area contributed by atoms with Crippen molar-refractivity contribution in [1.29, 1.82) is 0 Å². The van der Waals surface area contributed by atoms with Gasteiger partial charge in [-0.05, 0) is 25.1 Å². The van der Waals surface area contributed by atoms with Crippen LogP contribution in [0.4, 0.5) is 0 Å². The third kappa shape index (κ3) is 1.75. The molecule has 3 aromatic heterocycles. The van der Waals surface area contributed by atoms with Gasteiger partial charge < -0.3 is 0 Å². The third-order valence-electron chi connectivity index (χ3n) is 3.61. The molecule has 0 spiro atoms. The molecule has 3 heterocycles. The van der Waals surface area contributed by atoms with E-state index in [4.69, 9.17) is 0 Å². The van der Waals surface area contributed by atoms with Gasteiger partial charge in [-0.1, -0.05) is 17.7 Å². The average Bonchev–Trinajstić information content (AvgIpc) is 3.13. The normalized spacial score (nSPS) is 12.2. The zero-order valence-corrected chi connectivity index (χ0v) is 12.5. The predicted molar refractivity (Wildman–Crippen MR) is 82.2 cm³/mol. The van der Waals surface area contributed by atoms with Crippen molar-refractivity contribution in [1.82, 2.24) is 18.3 Å². The molecule has 0 fully saturated rings. The van der Waals surface area contributed by atoms with Gasteiger partial charge >= 0.3 is 0 Å². The highest BCUT2D eigenvalue weighted by Crippen LogP contribution is 2.21. The van der Waals surface area contributed by atoms with Crippen LogP contribution in [-0.4, -0.2) is 26.8 Å². The maximum absolute atomic E-state index is 12.8. The standard InChI is InChI=1S/C15H12N4O2S/c1-11-2-4-12(5-3-11)22(20,21)19-8-6-13-15(19)17-10-14-16-7-9-18(13)14/h2-10H,1H3. The van der Waals surface area contributed by atoms with E-state index in [0.717, 1.165) is 5.56 Å². The molecule has 4 rings (SSSR count). The van der Waals surface area contributed by atoms with Gasteiger partial charge in [0.25, 0.3) is 10.0 Å². The summed E-state index contributed by atoms with van der Waals surface area (Å²) in [4.78, 5) is 8.64. The number of imidazole rings is 1. The van der Waals surface area contributed by atoms with Gasteiger partial charge in [0.05, 0.1) is 16.6 Å². The molecule has 0 saturated carbocycles. The van der Waals surface area contributed by atoms with Gasteiger partial charge in [0.15, 0.2) is 11.3 Å². The highest BCUT2D eigenvalue weighted by Gasteiger charge is 2.20. The van der Waals surface area contributed by atoms with Crippen LogP contribution in [0.15, 0.2) is 60.0 Å². The summed E-state index contributed by atoms with van der Waals surface area (Å²) in [5.41, 5.74) is 2.77. The number of aryl methyl sites for hydroxylation is 1. The van der Waals surface area contributed by atoms with E-state index in [1.54, 1.807) is 48.9 Å². The van der Waals surface area contributed by atoms with Crippen LogP contribution < -0.4 is 0 Å². The number of nitrogens with zero attached hydrogens (tertiary/aromatic N) is 4. The highest BCUT2D eigenvalue weighted by molar-refractivity contribution is 7.90. The van der Waals surface area contributed by atoms with Crippen LogP contribution in [0.5, 0.6) is 0 Å². The Labute approximate surface area is 126 Å². The van der Waals surface area contributed by atoms with Crippen molar-refractivity contribution in [2.75, 3.05) is 0 Å². The SMILES string of the molecule is Cc1ccc(S(=O)(=O)n2ccc3c2ncc2nccn23)cc1. The van der Waals surface area contributed by atoms with Crippen LogP contribution in [0.1, 0.15) is 5.56 Å². The van der Waals surface area contributed by atoms with Crippen LogP contribution in [0.25, 0.3) is 16.8 Å². The molecule has 110 valence electrons. The fraction of sp³-hybridized carbons (Fsp3) is 0.0667. The number of hydrogen-bond donors (Lipinski definition) is 0. The lowest BCUT2D eigenvalue weighted by atomic mass is 10.2. The smallest absolute Gasteiger partial charge is 0.269 e. The summed E-state index contributed by atoms with van der Waals surface area (Å²) >= 11 is 0. The number of fused-ring (bicyclic) bond motifs is 3. The van der Waals surface area contributed by atoms with Crippen LogP contribution in [0.2, 0.25) is 0 Å². The summed E-state index contributed by atoms with van der Waals surface area (Å²) in [6.07, 6.45) is 6.51. The molecule has 0 amide bonds. The van der Waals surface area contributed by atoms with E-state index in [2.05, 4.69) is 9.97 Å². The molecule has 0 radical (unpaired) electrons. The molecule has 0 aliphatic rings. The summed E-state index contributed by atoms with van der Waals surface area (Å²) < 4.78 is 28.6. The quantitative estimate of drug-likeness (QED) is 0.569. The van der Waals surface area contributed by atoms with Crippen molar-refractivity contribution in [3.8, 4) is 0 Å². The van der Waals surface area contributed by atoms with Crippen molar-refractivity contribution < 1.29 is 8.42 Å². The van der Waals surface area contributed by atoms with Crippen LogP contribution in [0.3, 0.4) is 0 Å². The summed E-state index contributed by atoms with van der Waals surface area (Å²) in [6.45, 7) is 1.92. The Hall–Kier alpha value is -2.67. The van der Waals surface area contributed by atoms with Gasteiger partial charge in [0.2, 0.25) is 0 Å². The molecule has 0 atom stereocenters. The Morgan fingerprint density at radius 3 is 2.55 bits per heavy atom. The van der Waals surface area contributed by atoms with Crippen molar-refractivity contribution in [3.63, 3.8) is 0 Å². The molecule has 6 nitrogen and oxygen atoms in total. The summed E-state index contributed by atoms with van der Waals surface area (Å²) in [6, 6.07) is 8.49. The first kappa shape index (κ1) is 13.0. The zero-order valence-electron chi connectivity index (χ0n) is 11.7. The summed E-state index contributed by atoms with van der Waals surface area (Å²) in [7, 11) is -3.67. The van der Waals surface area contributed by atoms with Crippen molar-refractivity contribution in [2.24, 2.45) is 0 Å². The zero-order chi connectivity index (χ0) is 15.3. The average molecular weight is 312 g/mol. The molecule has 0 aliphatic carbocycles. The van der Waals surface area contributed by atoms with Crippen LogP contribution in [-0.2, 0) is 10.0 Å². The number of benzene rings is 1. The van der Waals surface area contributed by atoms with Crippen molar-refractivity contribution in [2.45, 2.75) is 11.8 Å². The molecule has 0 bridgehead atoms. The first-order chi connectivity index (χ1) is 10.6. The molecule has 4 aromatic rings. The monoisotopic (exact) mass is 312 g/mol. The van der Waals surface area contributed by atoms with E-state index in [-0.39, 0.29) is 4.90 Å².